The summed E-state index contributed by atoms with van der Waals surface area (Å²) >= 11 is 0. The topological polar surface area (TPSA) is 66.4 Å². The number of carbonyl (C=O) groups excluding carboxylic acids is 1. The second kappa shape index (κ2) is 5.16. The fraction of sp³-hybridized carbons (Fsp3) is 0.385. The van der Waals surface area contributed by atoms with Gasteiger partial charge in [-0.15, -0.1) is 0 Å². The van der Waals surface area contributed by atoms with Gasteiger partial charge in [0, 0.05) is 0 Å². The van der Waals surface area contributed by atoms with Gasteiger partial charge in [-0.05, 0) is 38.5 Å². The van der Waals surface area contributed by atoms with Crippen molar-refractivity contribution in [3.8, 4) is 0 Å². The van der Waals surface area contributed by atoms with Crippen LogP contribution in [0.1, 0.15) is 26.3 Å². The van der Waals surface area contributed by atoms with Gasteiger partial charge in [-0.3, -0.25) is 9.59 Å². The lowest BCUT2D eigenvalue weighted by Gasteiger charge is -2.25. The smallest absolute Gasteiger partial charge is 0.325 e. The summed E-state index contributed by atoms with van der Waals surface area (Å²) in [5.41, 5.74) is -0.496. The molecule has 2 N–H and O–H groups in total. The molecule has 0 aliphatic carbocycles. The van der Waals surface area contributed by atoms with Crippen molar-refractivity contribution in [1.82, 2.24) is 5.32 Å². The van der Waals surface area contributed by atoms with Crippen LogP contribution in [0.15, 0.2) is 24.3 Å². The van der Waals surface area contributed by atoms with Crippen LogP contribution in [-0.4, -0.2) is 23.0 Å². The van der Waals surface area contributed by atoms with Gasteiger partial charge in [0.2, 0.25) is 5.91 Å². The number of nitrogens with one attached hydrogen (secondary N) is 1. The Labute approximate surface area is 105 Å². The first-order chi connectivity index (χ1) is 8.25. The van der Waals surface area contributed by atoms with Crippen molar-refractivity contribution in [1.29, 1.82) is 0 Å². The van der Waals surface area contributed by atoms with Gasteiger partial charge in [0.05, 0.1) is 5.41 Å². The maximum absolute atomic E-state index is 13.1. The first kappa shape index (κ1) is 14.2. The van der Waals surface area contributed by atoms with Crippen LogP contribution in [-0.2, 0) is 15.0 Å². The lowest BCUT2D eigenvalue weighted by molar-refractivity contribution is -0.142. The summed E-state index contributed by atoms with van der Waals surface area (Å²) in [4.78, 5) is 22.7. The van der Waals surface area contributed by atoms with Gasteiger partial charge in [-0.25, -0.2) is 4.39 Å². The zero-order valence-electron chi connectivity index (χ0n) is 10.5. The minimum Gasteiger partial charge on any atom is -0.480 e. The van der Waals surface area contributed by atoms with Crippen molar-refractivity contribution in [2.75, 3.05) is 0 Å². The molecule has 0 aliphatic heterocycles. The highest BCUT2D eigenvalue weighted by Crippen LogP contribution is 2.24. The molecule has 0 aromatic heterocycles. The molecule has 0 aliphatic rings. The van der Waals surface area contributed by atoms with Gasteiger partial charge >= 0.3 is 5.97 Å². The first-order valence-corrected chi connectivity index (χ1v) is 5.55. The molecule has 0 spiro atoms. The monoisotopic (exact) mass is 253 g/mol. The van der Waals surface area contributed by atoms with E-state index in [1.807, 2.05) is 0 Å². The van der Waals surface area contributed by atoms with E-state index in [4.69, 9.17) is 5.11 Å². The maximum Gasteiger partial charge on any atom is 0.325 e. The van der Waals surface area contributed by atoms with Crippen molar-refractivity contribution in [3.63, 3.8) is 0 Å². The Morgan fingerprint density at radius 2 is 2.00 bits per heavy atom. The minimum absolute atomic E-state index is 0.431. The molecular formula is C13H16FNO3. The van der Waals surface area contributed by atoms with Gasteiger partial charge < -0.3 is 10.4 Å². The molecule has 0 unspecified atom stereocenters. The Balaban J connectivity index is 2.92. The van der Waals surface area contributed by atoms with E-state index >= 15 is 0 Å². The summed E-state index contributed by atoms with van der Waals surface area (Å²) < 4.78 is 13.1. The van der Waals surface area contributed by atoms with E-state index in [2.05, 4.69) is 5.32 Å². The van der Waals surface area contributed by atoms with Crippen molar-refractivity contribution in [2.24, 2.45) is 0 Å². The van der Waals surface area contributed by atoms with Gasteiger partial charge in [0.25, 0.3) is 0 Å². The van der Waals surface area contributed by atoms with Crippen molar-refractivity contribution < 1.29 is 19.1 Å². The maximum atomic E-state index is 13.1. The molecule has 1 aromatic rings. The molecule has 1 amide bonds. The molecule has 0 fully saturated rings. The Hall–Kier alpha value is -1.91. The zero-order chi connectivity index (χ0) is 13.9. The van der Waals surface area contributed by atoms with E-state index in [9.17, 15) is 14.0 Å². The molecule has 5 heteroatoms. The van der Waals surface area contributed by atoms with E-state index in [1.54, 1.807) is 19.9 Å². The number of carbonyl (C=O) groups is 2. The van der Waals surface area contributed by atoms with Crippen LogP contribution in [0.4, 0.5) is 4.39 Å². The highest BCUT2D eigenvalue weighted by molar-refractivity contribution is 5.90. The number of carboxylic acid groups (broad SMARTS) is 1. The average molecular weight is 253 g/mol. The summed E-state index contributed by atoms with van der Waals surface area (Å²) in [7, 11) is 0. The van der Waals surface area contributed by atoms with Crippen LogP contribution in [0.3, 0.4) is 0 Å². The van der Waals surface area contributed by atoms with Crippen molar-refractivity contribution in [3.05, 3.63) is 35.6 Å². The van der Waals surface area contributed by atoms with Gasteiger partial charge in [0.15, 0.2) is 0 Å². The fourth-order valence-corrected chi connectivity index (χ4v) is 1.45. The molecule has 1 aromatic carbocycles. The standard InChI is InChI=1S/C13H16FNO3/c1-8(11(16)17)15-12(18)13(2,3)9-5-4-6-10(14)7-9/h4-8H,1-3H3,(H,15,18)(H,16,17)/t8-/m0/s1. The number of amides is 1. The van der Waals surface area contributed by atoms with Crippen LogP contribution in [0.25, 0.3) is 0 Å². The second-order valence-corrected chi connectivity index (χ2v) is 4.67. The summed E-state index contributed by atoms with van der Waals surface area (Å²) in [6.07, 6.45) is 0. The van der Waals surface area contributed by atoms with Crippen LogP contribution < -0.4 is 5.32 Å². The largest absolute Gasteiger partial charge is 0.480 e. The van der Waals surface area contributed by atoms with Crippen LogP contribution in [0, 0.1) is 5.82 Å². The SMILES string of the molecule is C[C@H](NC(=O)C(C)(C)c1cccc(F)c1)C(=O)O. The number of carboxylic acids is 1. The number of hydrogen-bond donors (Lipinski definition) is 2. The third-order valence-corrected chi connectivity index (χ3v) is 2.83. The molecule has 98 valence electrons. The van der Waals surface area contributed by atoms with Crippen molar-refractivity contribution in [2.45, 2.75) is 32.2 Å². The van der Waals surface area contributed by atoms with Crippen molar-refractivity contribution >= 4 is 11.9 Å². The predicted molar refractivity (Wildman–Crippen MR) is 64.7 cm³/mol. The third-order valence-electron chi connectivity index (χ3n) is 2.83. The number of halogens is 1. The Kier molecular flexibility index (Phi) is 4.06. The average Bonchev–Trinajstić information content (AvgIpc) is 2.28. The molecule has 0 bridgehead atoms. The molecule has 1 atom stereocenters. The van der Waals surface area contributed by atoms with Gasteiger partial charge in [0.1, 0.15) is 11.9 Å². The quantitative estimate of drug-likeness (QED) is 0.858. The summed E-state index contributed by atoms with van der Waals surface area (Å²) in [6, 6.07) is 4.72. The number of hydrogen-bond acceptors (Lipinski definition) is 2. The lowest BCUT2D eigenvalue weighted by atomic mass is 9.83. The molecule has 18 heavy (non-hydrogen) atoms. The molecule has 4 nitrogen and oxygen atoms in total. The van der Waals surface area contributed by atoms with Crippen LogP contribution in [0.5, 0.6) is 0 Å². The Morgan fingerprint density at radius 1 is 1.39 bits per heavy atom. The highest BCUT2D eigenvalue weighted by atomic mass is 19.1. The zero-order valence-corrected chi connectivity index (χ0v) is 10.5. The summed E-state index contributed by atoms with van der Waals surface area (Å²) in [5, 5.41) is 11.1. The molecule has 1 rings (SSSR count). The van der Waals surface area contributed by atoms with Crippen LogP contribution >= 0.6 is 0 Å². The highest BCUT2D eigenvalue weighted by Gasteiger charge is 2.31. The number of rotatable bonds is 4. The van der Waals surface area contributed by atoms with E-state index in [-0.39, 0.29) is 0 Å². The van der Waals surface area contributed by atoms with Gasteiger partial charge in [-0.2, -0.15) is 0 Å². The lowest BCUT2D eigenvalue weighted by Crippen LogP contribution is -2.47. The Morgan fingerprint density at radius 3 is 2.50 bits per heavy atom. The predicted octanol–water partition coefficient (Wildman–Crippen LogP) is 1.69. The number of benzene rings is 1. The van der Waals surface area contributed by atoms with Crippen LogP contribution in [0.2, 0.25) is 0 Å². The summed E-state index contributed by atoms with van der Waals surface area (Å²) in [5.74, 6) is -2.00. The Bertz CT molecular complexity index is 471. The normalized spacial score (nSPS) is 12.9. The van der Waals surface area contributed by atoms with E-state index < -0.39 is 29.2 Å². The molecule has 0 heterocycles. The van der Waals surface area contributed by atoms with Gasteiger partial charge in [-0.1, -0.05) is 12.1 Å². The molecular weight excluding hydrogens is 237 g/mol. The molecule has 0 radical (unpaired) electrons. The van der Waals surface area contributed by atoms with E-state index in [0.29, 0.717) is 5.56 Å². The summed E-state index contributed by atoms with van der Waals surface area (Å²) in [6.45, 7) is 4.61. The molecule has 0 saturated heterocycles. The number of aliphatic carboxylic acids is 1. The van der Waals surface area contributed by atoms with E-state index in [1.165, 1.54) is 25.1 Å². The fourth-order valence-electron chi connectivity index (χ4n) is 1.45. The van der Waals surface area contributed by atoms with E-state index in [0.717, 1.165) is 0 Å². The first-order valence-electron chi connectivity index (χ1n) is 5.55. The second-order valence-electron chi connectivity index (χ2n) is 4.67. The third kappa shape index (κ3) is 3.06. The minimum atomic E-state index is -1.11. The molecule has 0 saturated carbocycles.